The van der Waals surface area contributed by atoms with Crippen LogP contribution in [0.1, 0.15) is 45.2 Å². The number of hydrogen-bond donors (Lipinski definition) is 1. The first kappa shape index (κ1) is 22.4. The molecule has 164 valence electrons. The highest BCUT2D eigenvalue weighted by Gasteiger charge is 2.26. The lowest BCUT2D eigenvalue weighted by Crippen LogP contribution is -2.29. The van der Waals surface area contributed by atoms with Gasteiger partial charge in [-0.15, -0.1) is 0 Å². The lowest BCUT2D eigenvalue weighted by atomic mass is 10.0. The molecule has 3 rings (SSSR count). The first-order valence-corrected chi connectivity index (χ1v) is 10.8. The summed E-state index contributed by atoms with van der Waals surface area (Å²) in [6, 6.07) is 15.2. The molecule has 2 atom stereocenters. The van der Waals surface area contributed by atoms with Crippen LogP contribution in [0.15, 0.2) is 65.4 Å². The van der Waals surface area contributed by atoms with Gasteiger partial charge in [-0.25, -0.2) is 9.79 Å². The largest absolute Gasteiger partial charge is 0.494 e. The van der Waals surface area contributed by atoms with Crippen molar-refractivity contribution in [2.75, 3.05) is 18.1 Å². The van der Waals surface area contributed by atoms with E-state index in [0.717, 1.165) is 29.8 Å². The Hall–Kier alpha value is -3.28. The molecule has 0 fully saturated rings. The van der Waals surface area contributed by atoms with Gasteiger partial charge in [0.05, 0.1) is 24.9 Å². The van der Waals surface area contributed by atoms with Crippen LogP contribution in [0.2, 0.25) is 0 Å². The number of anilines is 1. The van der Waals surface area contributed by atoms with E-state index in [4.69, 9.17) is 9.47 Å². The summed E-state index contributed by atoms with van der Waals surface area (Å²) in [6.07, 6.45) is 5.20. The lowest BCUT2D eigenvalue weighted by molar-refractivity contribution is -0.132. The Morgan fingerprint density at radius 1 is 1.13 bits per heavy atom. The van der Waals surface area contributed by atoms with Crippen LogP contribution in [-0.2, 0) is 4.79 Å². The Bertz CT molecular complexity index is 937. The number of aliphatic imine (C=N–C) groups is 1. The Labute approximate surface area is 183 Å². The Morgan fingerprint density at radius 3 is 2.55 bits per heavy atom. The van der Waals surface area contributed by atoms with Crippen LogP contribution in [0, 0.1) is 5.92 Å². The third-order valence-corrected chi connectivity index (χ3v) is 5.19. The molecule has 0 radical (unpaired) electrons. The normalized spacial score (nSPS) is 16.5. The minimum atomic E-state index is -1.07. The lowest BCUT2D eigenvalue weighted by Gasteiger charge is -2.32. The van der Waals surface area contributed by atoms with Gasteiger partial charge in [0.2, 0.25) is 0 Å². The maximum absolute atomic E-state index is 11.6. The predicted molar refractivity (Wildman–Crippen MR) is 123 cm³/mol. The monoisotopic (exact) mass is 422 g/mol. The zero-order valence-electron chi connectivity index (χ0n) is 18.3. The molecule has 6 nitrogen and oxygen atoms in total. The van der Waals surface area contributed by atoms with E-state index in [1.54, 1.807) is 12.4 Å². The fraction of sp³-hybridized carbons (Fsp3) is 0.360. The number of rotatable bonds is 10. The highest BCUT2D eigenvalue weighted by atomic mass is 16.5. The fourth-order valence-electron chi connectivity index (χ4n) is 3.17. The molecule has 0 saturated carbocycles. The Morgan fingerprint density at radius 2 is 1.87 bits per heavy atom. The van der Waals surface area contributed by atoms with E-state index in [1.807, 2.05) is 53.4 Å². The molecule has 31 heavy (non-hydrogen) atoms. The molecule has 0 bridgehead atoms. The number of hydrogen-bond acceptors (Lipinski definition) is 5. The van der Waals surface area contributed by atoms with E-state index in [0.29, 0.717) is 24.9 Å². The average molecular weight is 423 g/mol. The minimum absolute atomic E-state index is 0.0177. The summed E-state index contributed by atoms with van der Waals surface area (Å²) in [6.45, 7) is 7.61. The van der Waals surface area contributed by atoms with Crippen molar-refractivity contribution < 1.29 is 19.4 Å². The third-order valence-electron chi connectivity index (χ3n) is 5.19. The summed E-state index contributed by atoms with van der Waals surface area (Å²) in [5.74, 6) is 0.879. The highest BCUT2D eigenvalue weighted by molar-refractivity contribution is 5.92. The number of carboxylic acid groups (broad SMARTS) is 1. The molecular formula is C25H30N2O4. The number of para-hydroxylation sites is 2. The van der Waals surface area contributed by atoms with Gasteiger partial charge in [-0.05, 0) is 42.2 Å². The van der Waals surface area contributed by atoms with Gasteiger partial charge in [-0.2, -0.15) is 0 Å². The molecule has 2 aromatic rings. The predicted octanol–water partition coefficient (Wildman–Crippen LogP) is 5.46. The molecule has 1 aliphatic heterocycles. The van der Waals surface area contributed by atoms with E-state index < -0.39 is 5.97 Å². The summed E-state index contributed by atoms with van der Waals surface area (Å²) in [7, 11) is 0. The smallest absolute Gasteiger partial charge is 0.356 e. The van der Waals surface area contributed by atoms with Crippen LogP contribution in [-0.4, -0.2) is 30.5 Å². The van der Waals surface area contributed by atoms with E-state index in [1.165, 1.54) is 0 Å². The average Bonchev–Trinajstić information content (AvgIpc) is 2.81. The van der Waals surface area contributed by atoms with Gasteiger partial charge in [0.1, 0.15) is 11.5 Å². The van der Waals surface area contributed by atoms with Gasteiger partial charge >= 0.3 is 5.97 Å². The number of ether oxygens (including phenoxy) is 2. The molecule has 6 heteroatoms. The van der Waals surface area contributed by atoms with Crippen molar-refractivity contribution in [3.63, 3.8) is 0 Å². The number of carbonyl (C=O) groups is 1. The summed E-state index contributed by atoms with van der Waals surface area (Å²) >= 11 is 0. The molecule has 1 heterocycles. The van der Waals surface area contributed by atoms with Gasteiger partial charge in [-0.3, -0.25) is 0 Å². The summed E-state index contributed by atoms with van der Waals surface area (Å²) in [4.78, 5) is 17.7. The molecule has 0 saturated heterocycles. The van der Waals surface area contributed by atoms with E-state index >= 15 is 0 Å². The SMILES string of the molecule is CCCOc1ccc(C2C=NC(C(=O)O)=CN2c2ccccc2OCC(C)CC)cc1. The molecule has 0 aromatic heterocycles. The van der Waals surface area contributed by atoms with Crippen molar-refractivity contribution >= 4 is 17.9 Å². The molecule has 0 amide bonds. The zero-order chi connectivity index (χ0) is 22.2. The molecular weight excluding hydrogens is 392 g/mol. The van der Waals surface area contributed by atoms with Gasteiger partial charge < -0.3 is 19.5 Å². The van der Waals surface area contributed by atoms with Crippen LogP contribution in [0.4, 0.5) is 5.69 Å². The van der Waals surface area contributed by atoms with Crippen molar-refractivity contribution in [3.8, 4) is 11.5 Å². The molecule has 2 aromatic carbocycles. The van der Waals surface area contributed by atoms with Crippen LogP contribution < -0.4 is 14.4 Å². The minimum Gasteiger partial charge on any atom is -0.494 e. The zero-order valence-corrected chi connectivity index (χ0v) is 18.3. The summed E-state index contributed by atoms with van der Waals surface area (Å²) in [5.41, 5.74) is 1.76. The second-order valence-corrected chi connectivity index (χ2v) is 7.66. The molecule has 0 aliphatic carbocycles. The van der Waals surface area contributed by atoms with Crippen molar-refractivity contribution in [3.05, 3.63) is 66.0 Å². The number of benzene rings is 2. The van der Waals surface area contributed by atoms with Crippen molar-refractivity contribution in [1.29, 1.82) is 0 Å². The van der Waals surface area contributed by atoms with Gasteiger partial charge in [0.25, 0.3) is 0 Å². The number of carboxylic acids is 1. The second-order valence-electron chi connectivity index (χ2n) is 7.66. The number of aliphatic carboxylic acids is 1. The van der Waals surface area contributed by atoms with Crippen molar-refractivity contribution in [2.24, 2.45) is 10.9 Å². The highest BCUT2D eigenvalue weighted by Crippen LogP contribution is 2.37. The van der Waals surface area contributed by atoms with Crippen LogP contribution in [0.25, 0.3) is 0 Å². The van der Waals surface area contributed by atoms with Crippen molar-refractivity contribution in [1.82, 2.24) is 0 Å². The maximum Gasteiger partial charge on any atom is 0.356 e. The van der Waals surface area contributed by atoms with Gasteiger partial charge in [0, 0.05) is 12.4 Å². The van der Waals surface area contributed by atoms with Gasteiger partial charge in [-0.1, -0.05) is 51.5 Å². The molecule has 0 spiro atoms. The molecule has 1 N–H and O–H groups in total. The Kier molecular flexibility index (Phi) is 7.70. The van der Waals surface area contributed by atoms with Gasteiger partial charge in [0.15, 0.2) is 5.70 Å². The molecule has 1 aliphatic rings. The maximum atomic E-state index is 11.6. The topological polar surface area (TPSA) is 71.4 Å². The second kappa shape index (κ2) is 10.7. The summed E-state index contributed by atoms with van der Waals surface area (Å²) in [5, 5.41) is 9.50. The first-order chi connectivity index (χ1) is 15.0. The van der Waals surface area contributed by atoms with Crippen LogP contribution in [0.3, 0.4) is 0 Å². The van der Waals surface area contributed by atoms with Crippen molar-refractivity contribution in [2.45, 2.75) is 39.7 Å². The quantitative estimate of drug-likeness (QED) is 0.551. The van der Waals surface area contributed by atoms with E-state index in [2.05, 4.69) is 25.8 Å². The summed E-state index contributed by atoms with van der Waals surface area (Å²) < 4.78 is 11.8. The van der Waals surface area contributed by atoms with E-state index in [-0.39, 0.29) is 11.7 Å². The van der Waals surface area contributed by atoms with Crippen LogP contribution >= 0.6 is 0 Å². The standard InChI is InChI=1S/C25H30N2O4/c1-4-14-30-20-12-10-19(11-13-20)23-15-26-21(25(28)29)16-27(23)22-8-6-7-9-24(22)31-17-18(3)5-2/h6-13,15-16,18,23H,4-5,14,17H2,1-3H3,(H,28,29). The molecule has 2 unspecified atom stereocenters. The van der Waals surface area contributed by atoms with E-state index in [9.17, 15) is 9.90 Å². The number of nitrogens with zero attached hydrogens (tertiary/aromatic N) is 2. The Balaban J connectivity index is 1.94. The third kappa shape index (κ3) is 5.66. The fourth-order valence-corrected chi connectivity index (χ4v) is 3.17. The first-order valence-electron chi connectivity index (χ1n) is 10.8. The van der Waals surface area contributed by atoms with Crippen LogP contribution in [0.5, 0.6) is 11.5 Å².